The lowest BCUT2D eigenvalue weighted by molar-refractivity contribution is -0.0555. The molecule has 0 N–H and O–H groups in total. The molecule has 2 aliphatic carbocycles. The third-order valence-electron chi connectivity index (χ3n) is 6.20. The van der Waals surface area contributed by atoms with E-state index in [4.69, 9.17) is 4.74 Å². The van der Waals surface area contributed by atoms with E-state index < -0.39 is 0 Å². The van der Waals surface area contributed by atoms with Crippen molar-refractivity contribution in [3.05, 3.63) is 0 Å². The quantitative estimate of drug-likeness (QED) is 0.585. The summed E-state index contributed by atoms with van der Waals surface area (Å²) in [7, 11) is 0. The molecule has 1 nitrogen and oxygen atoms in total. The van der Waals surface area contributed by atoms with Crippen LogP contribution in [-0.2, 0) is 4.74 Å². The van der Waals surface area contributed by atoms with Crippen molar-refractivity contribution in [3.8, 4) is 0 Å². The van der Waals surface area contributed by atoms with Gasteiger partial charge in [-0.05, 0) is 48.3 Å². The Bertz CT molecular complexity index is 262. The summed E-state index contributed by atoms with van der Waals surface area (Å²) in [5, 5.41) is 0. The lowest BCUT2D eigenvalue weighted by Crippen LogP contribution is -2.45. The van der Waals surface area contributed by atoms with Crippen LogP contribution in [0.4, 0.5) is 0 Å². The Hall–Kier alpha value is -0.0400. The first-order chi connectivity index (χ1) is 8.60. The van der Waals surface area contributed by atoms with Gasteiger partial charge in [-0.15, -0.1) is 0 Å². The highest BCUT2D eigenvalue weighted by Gasteiger charge is 2.47. The van der Waals surface area contributed by atoms with E-state index in [1.807, 2.05) is 0 Å². The first kappa shape index (κ1) is 14.4. The fraction of sp³-hybridized carbons (Fsp3) is 1.00. The van der Waals surface area contributed by atoms with Crippen LogP contribution in [0.5, 0.6) is 0 Å². The minimum atomic E-state index is 0.641. The fourth-order valence-corrected chi connectivity index (χ4v) is 4.29. The first-order valence-corrected chi connectivity index (χ1v) is 8.18. The van der Waals surface area contributed by atoms with Gasteiger partial charge in [-0.3, -0.25) is 0 Å². The van der Waals surface area contributed by atoms with Crippen molar-refractivity contribution in [3.63, 3.8) is 0 Å². The zero-order valence-corrected chi connectivity index (χ0v) is 12.9. The predicted octanol–water partition coefficient (Wildman–Crippen LogP) is 4.90. The highest BCUT2D eigenvalue weighted by molar-refractivity contribution is 4.96. The van der Waals surface area contributed by atoms with Gasteiger partial charge in [0.2, 0.25) is 0 Å². The van der Waals surface area contributed by atoms with E-state index in [2.05, 4.69) is 27.7 Å². The van der Waals surface area contributed by atoms with Crippen molar-refractivity contribution in [2.75, 3.05) is 13.2 Å². The van der Waals surface area contributed by atoms with Gasteiger partial charge in [-0.25, -0.2) is 0 Å². The number of ether oxygens (including phenoxy) is 1. The molecule has 0 spiro atoms. The molecule has 2 aliphatic rings. The molecule has 5 unspecified atom stereocenters. The molecule has 0 saturated heterocycles. The maximum absolute atomic E-state index is 5.91. The standard InChI is InChI=1S/C17H32O/c1-5-16-14(11-17(16,4)6-2)9-10-18-12-15-8-7-13(15)3/h13-16H,5-12H2,1-4H3. The summed E-state index contributed by atoms with van der Waals surface area (Å²) < 4.78 is 5.91. The lowest BCUT2D eigenvalue weighted by Gasteiger charge is -2.53. The Morgan fingerprint density at radius 1 is 1.17 bits per heavy atom. The molecule has 0 heterocycles. The maximum atomic E-state index is 5.91. The summed E-state index contributed by atoms with van der Waals surface area (Å²) >= 11 is 0. The van der Waals surface area contributed by atoms with E-state index in [0.29, 0.717) is 5.41 Å². The van der Waals surface area contributed by atoms with Gasteiger partial charge in [0.1, 0.15) is 0 Å². The molecule has 0 amide bonds. The van der Waals surface area contributed by atoms with E-state index >= 15 is 0 Å². The zero-order valence-electron chi connectivity index (χ0n) is 12.9. The zero-order chi connectivity index (χ0) is 13.2. The number of hydrogen-bond donors (Lipinski definition) is 0. The van der Waals surface area contributed by atoms with E-state index in [0.717, 1.165) is 36.9 Å². The van der Waals surface area contributed by atoms with Crippen LogP contribution >= 0.6 is 0 Å². The fourth-order valence-electron chi connectivity index (χ4n) is 4.29. The van der Waals surface area contributed by atoms with Crippen LogP contribution in [0.2, 0.25) is 0 Å². The van der Waals surface area contributed by atoms with Crippen LogP contribution in [0.3, 0.4) is 0 Å². The second-order valence-electron chi connectivity index (χ2n) is 7.16. The molecule has 0 bridgehead atoms. The monoisotopic (exact) mass is 252 g/mol. The maximum Gasteiger partial charge on any atom is 0.0496 e. The minimum absolute atomic E-state index is 0.641. The molecule has 2 saturated carbocycles. The molecular formula is C17H32O. The van der Waals surface area contributed by atoms with E-state index in [1.165, 1.54) is 38.5 Å². The third-order valence-corrected chi connectivity index (χ3v) is 6.20. The SMILES string of the molecule is CCC1C(CCOCC2CCC2C)CC1(C)CC. The second kappa shape index (κ2) is 5.94. The van der Waals surface area contributed by atoms with Crippen molar-refractivity contribution in [1.29, 1.82) is 0 Å². The van der Waals surface area contributed by atoms with Crippen molar-refractivity contribution < 1.29 is 4.74 Å². The lowest BCUT2D eigenvalue weighted by atomic mass is 9.52. The third kappa shape index (κ3) is 2.76. The normalized spacial score (nSPS) is 43.3. The van der Waals surface area contributed by atoms with E-state index in [1.54, 1.807) is 0 Å². The van der Waals surface area contributed by atoms with Crippen molar-refractivity contribution >= 4 is 0 Å². The average Bonchev–Trinajstić information content (AvgIpc) is 2.35. The van der Waals surface area contributed by atoms with Crippen LogP contribution < -0.4 is 0 Å². The Morgan fingerprint density at radius 3 is 2.44 bits per heavy atom. The van der Waals surface area contributed by atoms with Gasteiger partial charge in [-0.2, -0.15) is 0 Å². The van der Waals surface area contributed by atoms with Crippen LogP contribution in [0, 0.1) is 29.1 Å². The average molecular weight is 252 g/mol. The van der Waals surface area contributed by atoms with Gasteiger partial charge in [0, 0.05) is 13.2 Å². The van der Waals surface area contributed by atoms with Gasteiger partial charge < -0.3 is 4.74 Å². The highest BCUT2D eigenvalue weighted by Crippen LogP contribution is 2.55. The highest BCUT2D eigenvalue weighted by atomic mass is 16.5. The Kier molecular flexibility index (Phi) is 4.75. The Morgan fingerprint density at radius 2 is 1.94 bits per heavy atom. The minimum Gasteiger partial charge on any atom is -0.381 e. The molecule has 1 heteroatoms. The van der Waals surface area contributed by atoms with Crippen molar-refractivity contribution in [2.24, 2.45) is 29.1 Å². The Balaban J connectivity index is 1.60. The summed E-state index contributed by atoms with van der Waals surface area (Å²) in [5.74, 6) is 3.68. The second-order valence-corrected chi connectivity index (χ2v) is 7.16. The van der Waals surface area contributed by atoms with Crippen LogP contribution in [-0.4, -0.2) is 13.2 Å². The molecule has 0 aromatic rings. The predicted molar refractivity (Wildman–Crippen MR) is 77.6 cm³/mol. The van der Waals surface area contributed by atoms with Gasteiger partial charge in [0.25, 0.3) is 0 Å². The van der Waals surface area contributed by atoms with Crippen molar-refractivity contribution in [2.45, 2.75) is 66.2 Å². The Labute approximate surface area is 114 Å². The number of hydrogen-bond acceptors (Lipinski definition) is 1. The topological polar surface area (TPSA) is 9.23 Å². The smallest absolute Gasteiger partial charge is 0.0496 e. The molecule has 106 valence electrons. The molecule has 0 aromatic heterocycles. The summed E-state index contributed by atoms with van der Waals surface area (Å²) in [4.78, 5) is 0. The van der Waals surface area contributed by atoms with Gasteiger partial charge in [0.15, 0.2) is 0 Å². The summed E-state index contributed by atoms with van der Waals surface area (Å²) in [6.45, 7) is 11.6. The molecule has 18 heavy (non-hydrogen) atoms. The summed E-state index contributed by atoms with van der Waals surface area (Å²) in [6, 6.07) is 0. The van der Waals surface area contributed by atoms with E-state index in [9.17, 15) is 0 Å². The molecule has 0 radical (unpaired) electrons. The molecule has 2 fully saturated rings. The van der Waals surface area contributed by atoms with Crippen LogP contribution in [0.1, 0.15) is 66.2 Å². The molecule has 2 rings (SSSR count). The molecular weight excluding hydrogens is 220 g/mol. The molecule has 0 aliphatic heterocycles. The van der Waals surface area contributed by atoms with Gasteiger partial charge in [-0.1, -0.05) is 47.0 Å². The first-order valence-electron chi connectivity index (χ1n) is 8.18. The van der Waals surface area contributed by atoms with Gasteiger partial charge in [0.05, 0.1) is 0 Å². The molecule has 5 atom stereocenters. The number of rotatable bonds is 7. The largest absolute Gasteiger partial charge is 0.381 e. The van der Waals surface area contributed by atoms with Gasteiger partial charge >= 0.3 is 0 Å². The van der Waals surface area contributed by atoms with Crippen molar-refractivity contribution in [1.82, 2.24) is 0 Å². The molecule has 0 aromatic carbocycles. The van der Waals surface area contributed by atoms with E-state index in [-0.39, 0.29) is 0 Å². The summed E-state index contributed by atoms with van der Waals surface area (Å²) in [5.41, 5.74) is 0.641. The van der Waals surface area contributed by atoms with Crippen LogP contribution in [0.15, 0.2) is 0 Å². The van der Waals surface area contributed by atoms with Crippen LogP contribution in [0.25, 0.3) is 0 Å². The summed E-state index contributed by atoms with van der Waals surface area (Å²) in [6.07, 6.45) is 8.26.